The van der Waals surface area contributed by atoms with Crippen LogP contribution >= 0.6 is 0 Å². The molecule has 98 valence electrons. The van der Waals surface area contributed by atoms with Crippen molar-refractivity contribution in [2.24, 2.45) is 5.41 Å². The first-order valence-electron chi connectivity index (χ1n) is 7.44. The Hall–Kier alpha value is -0.370. The van der Waals surface area contributed by atoms with Crippen molar-refractivity contribution in [3.63, 3.8) is 0 Å². The first-order chi connectivity index (χ1) is 8.29. The largest absolute Gasteiger partial charge is 0.377 e. The lowest BCUT2D eigenvalue weighted by molar-refractivity contribution is -0.166. The summed E-state index contributed by atoms with van der Waals surface area (Å²) >= 11 is 0. The molecule has 2 nitrogen and oxygen atoms in total. The fourth-order valence-electron chi connectivity index (χ4n) is 3.37. The molecule has 0 aromatic rings. The van der Waals surface area contributed by atoms with Crippen LogP contribution in [0.4, 0.5) is 0 Å². The standard InChI is InChI=1S/C15H26O2/c1-2-3-8-11-17-14-12-13(16)15(14)9-6-4-5-7-10-15/h14H,2-12H2,1H3. The number of carbonyl (C=O) groups excluding carboxylic acids is 1. The Morgan fingerprint density at radius 1 is 1.18 bits per heavy atom. The molecule has 1 atom stereocenters. The first kappa shape index (κ1) is 13.1. The van der Waals surface area contributed by atoms with Crippen LogP contribution in [-0.2, 0) is 9.53 Å². The molecule has 0 amide bonds. The van der Waals surface area contributed by atoms with Crippen LogP contribution in [0.15, 0.2) is 0 Å². The molecule has 2 saturated carbocycles. The van der Waals surface area contributed by atoms with Gasteiger partial charge in [0.1, 0.15) is 5.78 Å². The molecule has 0 aromatic carbocycles. The van der Waals surface area contributed by atoms with Crippen LogP contribution in [0.5, 0.6) is 0 Å². The number of unbranched alkanes of at least 4 members (excludes halogenated alkanes) is 2. The summed E-state index contributed by atoms with van der Waals surface area (Å²) in [6.07, 6.45) is 11.8. The quantitative estimate of drug-likeness (QED) is 0.679. The molecule has 2 rings (SSSR count). The van der Waals surface area contributed by atoms with Crippen molar-refractivity contribution in [2.75, 3.05) is 6.61 Å². The van der Waals surface area contributed by atoms with E-state index in [-0.39, 0.29) is 11.5 Å². The van der Waals surface area contributed by atoms with Gasteiger partial charge in [-0.15, -0.1) is 0 Å². The average molecular weight is 238 g/mol. The monoisotopic (exact) mass is 238 g/mol. The second-order valence-corrected chi connectivity index (χ2v) is 5.76. The van der Waals surface area contributed by atoms with Crippen molar-refractivity contribution < 1.29 is 9.53 Å². The van der Waals surface area contributed by atoms with E-state index in [1.807, 2.05) is 0 Å². The van der Waals surface area contributed by atoms with Gasteiger partial charge in [0.2, 0.25) is 0 Å². The zero-order valence-corrected chi connectivity index (χ0v) is 11.2. The maximum Gasteiger partial charge on any atom is 0.144 e. The summed E-state index contributed by atoms with van der Waals surface area (Å²) in [6, 6.07) is 0. The molecule has 0 saturated heterocycles. The van der Waals surface area contributed by atoms with E-state index in [0.29, 0.717) is 12.2 Å². The maximum atomic E-state index is 12.0. The summed E-state index contributed by atoms with van der Waals surface area (Å²) in [4.78, 5) is 12.0. The Kier molecular flexibility index (Phi) is 4.61. The smallest absolute Gasteiger partial charge is 0.144 e. The van der Waals surface area contributed by atoms with E-state index < -0.39 is 0 Å². The van der Waals surface area contributed by atoms with Crippen molar-refractivity contribution >= 4 is 5.78 Å². The minimum absolute atomic E-state index is 0.0529. The van der Waals surface area contributed by atoms with Gasteiger partial charge >= 0.3 is 0 Å². The van der Waals surface area contributed by atoms with E-state index in [1.54, 1.807) is 0 Å². The molecular formula is C15H26O2. The van der Waals surface area contributed by atoms with Crippen LogP contribution in [0.1, 0.15) is 71.1 Å². The summed E-state index contributed by atoms with van der Waals surface area (Å²) in [5.74, 6) is 0.486. The number of hydrogen-bond donors (Lipinski definition) is 0. The van der Waals surface area contributed by atoms with E-state index >= 15 is 0 Å². The molecule has 1 unspecified atom stereocenters. The molecule has 2 fully saturated rings. The molecular weight excluding hydrogens is 212 g/mol. The van der Waals surface area contributed by atoms with Gasteiger partial charge in [0.15, 0.2) is 0 Å². The lowest BCUT2D eigenvalue weighted by Gasteiger charge is -2.47. The van der Waals surface area contributed by atoms with Crippen LogP contribution in [0.3, 0.4) is 0 Å². The lowest BCUT2D eigenvalue weighted by Crippen LogP contribution is -2.55. The highest BCUT2D eigenvalue weighted by atomic mass is 16.5. The summed E-state index contributed by atoms with van der Waals surface area (Å²) in [5, 5.41) is 0. The van der Waals surface area contributed by atoms with Crippen LogP contribution in [-0.4, -0.2) is 18.5 Å². The highest BCUT2D eigenvalue weighted by molar-refractivity contribution is 5.92. The molecule has 2 aliphatic carbocycles. The fraction of sp³-hybridized carbons (Fsp3) is 0.933. The minimum Gasteiger partial charge on any atom is -0.377 e. The van der Waals surface area contributed by atoms with Gasteiger partial charge in [-0.25, -0.2) is 0 Å². The SMILES string of the molecule is CCCCCOC1CC(=O)C12CCCCCC2. The number of rotatable bonds is 5. The third-order valence-corrected chi connectivity index (χ3v) is 4.61. The second-order valence-electron chi connectivity index (χ2n) is 5.76. The van der Waals surface area contributed by atoms with E-state index in [0.717, 1.165) is 25.9 Å². The molecule has 2 aliphatic rings. The van der Waals surface area contributed by atoms with Gasteiger partial charge in [0, 0.05) is 13.0 Å². The van der Waals surface area contributed by atoms with Crippen LogP contribution < -0.4 is 0 Å². The molecule has 2 heteroatoms. The topological polar surface area (TPSA) is 26.3 Å². The normalized spacial score (nSPS) is 27.8. The molecule has 0 bridgehead atoms. The molecule has 0 aliphatic heterocycles. The molecule has 0 radical (unpaired) electrons. The summed E-state index contributed by atoms with van der Waals surface area (Å²) in [5.41, 5.74) is -0.0529. The Bertz CT molecular complexity index is 252. The van der Waals surface area contributed by atoms with Gasteiger partial charge in [0.05, 0.1) is 11.5 Å². The van der Waals surface area contributed by atoms with Crippen LogP contribution in [0.25, 0.3) is 0 Å². The van der Waals surface area contributed by atoms with Crippen LogP contribution in [0.2, 0.25) is 0 Å². The highest BCUT2D eigenvalue weighted by Gasteiger charge is 2.54. The van der Waals surface area contributed by atoms with Crippen molar-refractivity contribution in [1.82, 2.24) is 0 Å². The number of carbonyl (C=O) groups is 1. The molecule has 0 heterocycles. The zero-order valence-electron chi connectivity index (χ0n) is 11.2. The van der Waals surface area contributed by atoms with E-state index in [4.69, 9.17) is 4.74 Å². The van der Waals surface area contributed by atoms with Crippen molar-refractivity contribution in [2.45, 2.75) is 77.2 Å². The third-order valence-electron chi connectivity index (χ3n) is 4.61. The Balaban J connectivity index is 1.83. The minimum atomic E-state index is -0.0529. The average Bonchev–Trinajstić information content (AvgIpc) is 2.60. The van der Waals surface area contributed by atoms with Gasteiger partial charge in [0.25, 0.3) is 0 Å². The number of ether oxygens (including phenoxy) is 1. The van der Waals surface area contributed by atoms with Crippen molar-refractivity contribution in [1.29, 1.82) is 0 Å². The first-order valence-corrected chi connectivity index (χ1v) is 7.44. The van der Waals surface area contributed by atoms with Gasteiger partial charge in [-0.05, 0) is 19.3 Å². The van der Waals surface area contributed by atoms with Crippen LogP contribution in [0, 0.1) is 5.41 Å². The molecule has 0 aromatic heterocycles. The maximum absolute atomic E-state index is 12.0. The van der Waals surface area contributed by atoms with Gasteiger partial charge in [-0.3, -0.25) is 4.79 Å². The van der Waals surface area contributed by atoms with E-state index in [2.05, 4.69) is 6.92 Å². The summed E-state index contributed by atoms with van der Waals surface area (Å²) in [6.45, 7) is 3.06. The lowest BCUT2D eigenvalue weighted by atomic mass is 9.60. The molecule has 1 spiro atoms. The van der Waals surface area contributed by atoms with Gasteiger partial charge in [-0.2, -0.15) is 0 Å². The molecule has 0 N–H and O–H groups in total. The number of Topliss-reactive ketones (excluding diaryl/α,β-unsaturated/α-hetero) is 1. The fourth-order valence-corrected chi connectivity index (χ4v) is 3.37. The van der Waals surface area contributed by atoms with Crippen molar-refractivity contribution in [3.05, 3.63) is 0 Å². The summed E-state index contributed by atoms with van der Waals surface area (Å²) < 4.78 is 5.98. The van der Waals surface area contributed by atoms with E-state index in [1.165, 1.54) is 38.5 Å². The number of ketones is 1. The summed E-state index contributed by atoms with van der Waals surface area (Å²) in [7, 11) is 0. The second kappa shape index (κ2) is 5.99. The predicted octanol–water partition coefficient (Wildman–Crippen LogP) is 3.88. The Morgan fingerprint density at radius 3 is 2.47 bits per heavy atom. The zero-order chi connectivity index (χ0) is 12.1. The number of hydrogen-bond acceptors (Lipinski definition) is 2. The Morgan fingerprint density at radius 2 is 1.88 bits per heavy atom. The predicted molar refractivity (Wildman–Crippen MR) is 69.0 cm³/mol. The highest BCUT2D eigenvalue weighted by Crippen LogP contribution is 2.49. The van der Waals surface area contributed by atoms with E-state index in [9.17, 15) is 4.79 Å². The van der Waals surface area contributed by atoms with Gasteiger partial charge in [-0.1, -0.05) is 45.4 Å². The molecule has 17 heavy (non-hydrogen) atoms. The Labute approximate surface area is 105 Å². The van der Waals surface area contributed by atoms with Crippen molar-refractivity contribution in [3.8, 4) is 0 Å². The third kappa shape index (κ3) is 2.73. The van der Waals surface area contributed by atoms with Gasteiger partial charge < -0.3 is 4.74 Å².